The van der Waals surface area contributed by atoms with Crippen LogP contribution in [0.5, 0.6) is 0 Å². The van der Waals surface area contributed by atoms with Crippen molar-refractivity contribution < 1.29 is 0 Å². The van der Waals surface area contributed by atoms with Crippen LogP contribution in [0.1, 0.15) is 5.56 Å². The van der Waals surface area contributed by atoms with Crippen LogP contribution in [-0.4, -0.2) is 4.98 Å². The number of nitrogens with zero attached hydrogens (tertiary/aromatic N) is 1. The summed E-state index contributed by atoms with van der Waals surface area (Å²) in [5.41, 5.74) is 12.2. The predicted octanol–water partition coefficient (Wildman–Crippen LogP) is 0.776. The number of hydrogen-bond donors (Lipinski definition) is 2. The second-order valence-electron chi connectivity index (χ2n) is 1.89. The van der Waals surface area contributed by atoms with Gasteiger partial charge >= 0.3 is 0 Å². The molecule has 0 radical (unpaired) electrons. The van der Waals surface area contributed by atoms with Crippen LogP contribution in [0.4, 0.5) is 5.69 Å². The molecule has 3 nitrogen and oxygen atoms in total. The highest BCUT2D eigenvalue weighted by atomic mass is 35.5. The largest absolute Gasteiger partial charge is 0.397 e. The smallest absolute Gasteiger partial charge is 0.0654 e. The molecule has 1 aromatic heterocycles. The monoisotopic (exact) mass is 157 g/mol. The third-order valence-corrected chi connectivity index (χ3v) is 1.57. The van der Waals surface area contributed by atoms with E-state index in [2.05, 4.69) is 4.98 Å². The lowest BCUT2D eigenvalue weighted by molar-refractivity contribution is 1.06. The van der Waals surface area contributed by atoms with Gasteiger partial charge < -0.3 is 11.5 Å². The number of anilines is 1. The highest BCUT2D eigenvalue weighted by Crippen LogP contribution is 2.18. The Labute approximate surface area is 64.0 Å². The molecule has 0 aliphatic carbocycles. The summed E-state index contributed by atoms with van der Waals surface area (Å²) in [6, 6.07) is 0. The summed E-state index contributed by atoms with van der Waals surface area (Å²) < 4.78 is 0. The first kappa shape index (κ1) is 7.31. The highest BCUT2D eigenvalue weighted by molar-refractivity contribution is 6.31. The quantitative estimate of drug-likeness (QED) is 0.633. The van der Waals surface area contributed by atoms with E-state index in [1.165, 1.54) is 12.4 Å². The van der Waals surface area contributed by atoms with Crippen molar-refractivity contribution >= 4 is 17.3 Å². The van der Waals surface area contributed by atoms with E-state index in [1.54, 1.807) is 0 Å². The summed E-state index contributed by atoms with van der Waals surface area (Å²) in [5.74, 6) is 0. The average molecular weight is 158 g/mol. The second-order valence-corrected chi connectivity index (χ2v) is 2.30. The van der Waals surface area contributed by atoms with Crippen molar-refractivity contribution in [2.75, 3.05) is 5.73 Å². The van der Waals surface area contributed by atoms with Crippen LogP contribution in [0, 0.1) is 0 Å². The maximum atomic E-state index is 5.71. The normalized spacial score (nSPS) is 9.80. The fourth-order valence-corrected chi connectivity index (χ4v) is 0.935. The van der Waals surface area contributed by atoms with E-state index in [-0.39, 0.29) is 0 Å². The molecule has 0 aliphatic rings. The minimum Gasteiger partial charge on any atom is -0.397 e. The fourth-order valence-electron chi connectivity index (χ4n) is 0.692. The van der Waals surface area contributed by atoms with E-state index < -0.39 is 0 Å². The van der Waals surface area contributed by atoms with Crippen LogP contribution >= 0.6 is 11.6 Å². The molecule has 54 valence electrons. The second kappa shape index (κ2) is 2.86. The fraction of sp³-hybridized carbons (Fsp3) is 0.167. The Morgan fingerprint density at radius 2 is 2.20 bits per heavy atom. The zero-order valence-electron chi connectivity index (χ0n) is 5.34. The molecule has 0 saturated heterocycles. The molecule has 0 bridgehead atoms. The van der Waals surface area contributed by atoms with Crippen LogP contribution < -0.4 is 11.5 Å². The number of hydrogen-bond acceptors (Lipinski definition) is 3. The van der Waals surface area contributed by atoms with Gasteiger partial charge in [-0.15, -0.1) is 0 Å². The van der Waals surface area contributed by atoms with Crippen molar-refractivity contribution in [3.05, 3.63) is 23.0 Å². The van der Waals surface area contributed by atoms with E-state index >= 15 is 0 Å². The molecule has 1 heterocycles. The molecule has 0 aliphatic heterocycles. The Kier molecular flexibility index (Phi) is 2.09. The van der Waals surface area contributed by atoms with Gasteiger partial charge in [0.05, 0.1) is 16.9 Å². The molecule has 0 unspecified atom stereocenters. The molecule has 0 spiro atoms. The van der Waals surface area contributed by atoms with Crippen molar-refractivity contribution in [1.82, 2.24) is 4.98 Å². The molecular formula is C6H8ClN3. The van der Waals surface area contributed by atoms with Gasteiger partial charge in [0.1, 0.15) is 0 Å². The first-order valence-corrected chi connectivity index (χ1v) is 3.21. The predicted molar refractivity (Wildman–Crippen MR) is 41.6 cm³/mol. The van der Waals surface area contributed by atoms with E-state index in [0.29, 0.717) is 17.3 Å². The Hall–Kier alpha value is -0.800. The molecule has 4 N–H and O–H groups in total. The summed E-state index contributed by atoms with van der Waals surface area (Å²) in [5, 5.41) is 0.530. The first-order valence-electron chi connectivity index (χ1n) is 2.83. The minimum atomic E-state index is 0.354. The zero-order chi connectivity index (χ0) is 7.56. The van der Waals surface area contributed by atoms with E-state index in [0.717, 1.165) is 5.56 Å². The maximum absolute atomic E-state index is 5.71. The molecule has 0 aromatic carbocycles. The Morgan fingerprint density at radius 1 is 1.50 bits per heavy atom. The lowest BCUT2D eigenvalue weighted by Crippen LogP contribution is -2.02. The number of rotatable bonds is 1. The molecule has 0 saturated carbocycles. The number of nitrogens with two attached hydrogens (primary N) is 2. The van der Waals surface area contributed by atoms with Crippen LogP contribution in [0.15, 0.2) is 12.4 Å². The summed E-state index contributed by atoms with van der Waals surface area (Å²) in [7, 11) is 0. The third-order valence-electron chi connectivity index (χ3n) is 1.24. The van der Waals surface area contributed by atoms with Gasteiger partial charge in [-0.25, -0.2) is 0 Å². The van der Waals surface area contributed by atoms with Crippen molar-refractivity contribution in [3.8, 4) is 0 Å². The van der Waals surface area contributed by atoms with Gasteiger partial charge in [0.25, 0.3) is 0 Å². The molecule has 10 heavy (non-hydrogen) atoms. The van der Waals surface area contributed by atoms with Gasteiger partial charge in [-0.1, -0.05) is 11.6 Å². The van der Waals surface area contributed by atoms with Gasteiger partial charge in [0.15, 0.2) is 0 Å². The first-order chi connectivity index (χ1) is 4.75. The van der Waals surface area contributed by atoms with Crippen LogP contribution in [0.3, 0.4) is 0 Å². The Bertz CT molecular complexity index is 216. The number of halogens is 1. The topological polar surface area (TPSA) is 64.9 Å². The summed E-state index contributed by atoms with van der Waals surface area (Å²) in [6.07, 6.45) is 3.06. The number of nitrogen functional groups attached to an aromatic ring is 1. The summed E-state index contributed by atoms with van der Waals surface area (Å²) in [4.78, 5) is 3.78. The molecular weight excluding hydrogens is 150 g/mol. The van der Waals surface area contributed by atoms with Gasteiger partial charge in [-0.05, 0) is 0 Å². The lowest BCUT2D eigenvalue weighted by atomic mass is 10.2. The highest BCUT2D eigenvalue weighted by Gasteiger charge is 2.00. The molecule has 1 aromatic rings. The standard InChI is InChI=1S/C6H8ClN3/c7-5-2-10-3-6(9)4(5)1-8/h2-3H,1,8-9H2. The number of aromatic nitrogens is 1. The van der Waals surface area contributed by atoms with E-state index in [4.69, 9.17) is 23.1 Å². The van der Waals surface area contributed by atoms with Gasteiger partial charge in [0, 0.05) is 18.3 Å². The van der Waals surface area contributed by atoms with Crippen LogP contribution in [0.25, 0.3) is 0 Å². The van der Waals surface area contributed by atoms with Crippen LogP contribution in [0.2, 0.25) is 5.02 Å². The molecule has 1 rings (SSSR count). The zero-order valence-corrected chi connectivity index (χ0v) is 6.10. The molecule has 0 amide bonds. The number of pyridine rings is 1. The minimum absolute atomic E-state index is 0.354. The average Bonchev–Trinajstić information content (AvgIpc) is 1.88. The Balaban J connectivity index is 3.17. The van der Waals surface area contributed by atoms with Crippen LogP contribution in [-0.2, 0) is 6.54 Å². The third kappa shape index (κ3) is 1.20. The van der Waals surface area contributed by atoms with Gasteiger partial charge in [-0.3, -0.25) is 4.98 Å². The van der Waals surface area contributed by atoms with E-state index in [9.17, 15) is 0 Å². The lowest BCUT2D eigenvalue weighted by Gasteiger charge is -2.02. The van der Waals surface area contributed by atoms with Gasteiger partial charge in [0.2, 0.25) is 0 Å². The maximum Gasteiger partial charge on any atom is 0.0654 e. The molecule has 0 fully saturated rings. The SMILES string of the molecule is NCc1c(N)cncc1Cl. The molecule has 0 atom stereocenters. The summed E-state index contributed by atoms with van der Waals surface area (Å²) in [6.45, 7) is 0.354. The summed E-state index contributed by atoms with van der Waals surface area (Å²) >= 11 is 5.71. The van der Waals surface area contributed by atoms with Crippen molar-refractivity contribution in [1.29, 1.82) is 0 Å². The van der Waals surface area contributed by atoms with Crippen molar-refractivity contribution in [2.45, 2.75) is 6.54 Å². The van der Waals surface area contributed by atoms with E-state index in [1.807, 2.05) is 0 Å². The Morgan fingerprint density at radius 3 is 2.60 bits per heavy atom. The molecule has 4 heteroatoms. The van der Waals surface area contributed by atoms with Crippen molar-refractivity contribution in [3.63, 3.8) is 0 Å². The van der Waals surface area contributed by atoms with Gasteiger partial charge in [-0.2, -0.15) is 0 Å². The van der Waals surface area contributed by atoms with Crippen molar-refractivity contribution in [2.24, 2.45) is 5.73 Å².